The first-order valence-corrected chi connectivity index (χ1v) is 9.31. The van der Waals surface area contributed by atoms with Crippen molar-refractivity contribution < 1.29 is 9.21 Å². The zero-order valence-corrected chi connectivity index (χ0v) is 15.9. The maximum Gasteiger partial charge on any atom is 0.277 e. The predicted molar refractivity (Wildman–Crippen MR) is 92.7 cm³/mol. The molecule has 0 aliphatic carbocycles. The Kier molecular flexibility index (Phi) is 5.80. The Morgan fingerprint density at radius 3 is 2.39 bits per heavy atom. The number of carbonyl (C=O) groups excluding carboxylic acids is 1. The Morgan fingerprint density at radius 2 is 1.87 bits per heavy atom. The highest BCUT2D eigenvalue weighted by atomic mass is 32.2. The van der Waals surface area contributed by atoms with Crippen LogP contribution in [0.1, 0.15) is 38.4 Å². The van der Waals surface area contributed by atoms with Crippen molar-refractivity contribution >= 4 is 29.0 Å². The molecule has 2 aromatic heterocycles. The van der Waals surface area contributed by atoms with Crippen LogP contribution in [-0.4, -0.2) is 43.8 Å². The Balaban J connectivity index is 2.02. The van der Waals surface area contributed by atoms with E-state index in [1.54, 1.807) is 0 Å². The van der Waals surface area contributed by atoms with Gasteiger partial charge in [-0.25, -0.2) is 4.98 Å². The molecule has 0 spiro atoms. The van der Waals surface area contributed by atoms with Gasteiger partial charge in [-0.3, -0.25) is 4.79 Å². The van der Waals surface area contributed by atoms with Crippen LogP contribution >= 0.6 is 23.1 Å². The van der Waals surface area contributed by atoms with E-state index < -0.39 is 0 Å². The van der Waals surface area contributed by atoms with Crippen molar-refractivity contribution in [3.63, 3.8) is 0 Å². The van der Waals surface area contributed by atoms with Crippen molar-refractivity contribution in [1.29, 1.82) is 0 Å². The Morgan fingerprint density at radius 1 is 1.22 bits per heavy atom. The zero-order valence-electron chi connectivity index (χ0n) is 14.3. The Labute approximate surface area is 144 Å². The minimum Gasteiger partial charge on any atom is -0.410 e. The summed E-state index contributed by atoms with van der Waals surface area (Å²) in [5, 5.41) is 9.45. The second kappa shape index (κ2) is 7.44. The van der Waals surface area contributed by atoms with E-state index in [9.17, 15) is 4.79 Å². The molecule has 2 heterocycles. The molecule has 0 saturated carbocycles. The SMILES string of the molecule is Cc1nc(C)c(-c2nnc(SCC(=O)N(C(C)C)C(C)C)o2)s1. The molecule has 23 heavy (non-hydrogen) atoms. The second-order valence-electron chi connectivity index (χ2n) is 5.80. The van der Waals surface area contributed by atoms with Gasteiger partial charge in [0.15, 0.2) is 0 Å². The van der Waals surface area contributed by atoms with Gasteiger partial charge in [0.1, 0.15) is 4.88 Å². The molecule has 0 fully saturated rings. The molecule has 1 amide bonds. The van der Waals surface area contributed by atoms with Crippen molar-refractivity contribution in [2.75, 3.05) is 5.75 Å². The van der Waals surface area contributed by atoms with Gasteiger partial charge in [-0.1, -0.05) is 11.8 Å². The van der Waals surface area contributed by atoms with Crippen molar-refractivity contribution in [3.05, 3.63) is 10.7 Å². The van der Waals surface area contributed by atoms with Gasteiger partial charge >= 0.3 is 0 Å². The summed E-state index contributed by atoms with van der Waals surface area (Å²) < 4.78 is 5.66. The van der Waals surface area contributed by atoms with Crippen molar-refractivity contribution in [3.8, 4) is 10.8 Å². The normalized spacial score (nSPS) is 11.5. The van der Waals surface area contributed by atoms with E-state index in [0.717, 1.165) is 15.6 Å². The first-order chi connectivity index (χ1) is 10.8. The number of carbonyl (C=O) groups is 1. The molecule has 0 atom stereocenters. The largest absolute Gasteiger partial charge is 0.410 e. The molecule has 8 heteroatoms. The highest BCUT2D eigenvalue weighted by Gasteiger charge is 2.21. The van der Waals surface area contributed by atoms with E-state index in [0.29, 0.717) is 16.9 Å². The molecule has 6 nitrogen and oxygen atoms in total. The molecule has 0 N–H and O–H groups in total. The molecule has 0 unspecified atom stereocenters. The summed E-state index contributed by atoms with van der Waals surface area (Å²) >= 11 is 2.80. The average Bonchev–Trinajstić information content (AvgIpc) is 3.01. The second-order valence-corrected chi connectivity index (χ2v) is 7.93. The molecule has 2 rings (SSSR count). The van der Waals surface area contributed by atoms with Crippen LogP contribution in [0.25, 0.3) is 10.8 Å². The van der Waals surface area contributed by atoms with E-state index in [-0.39, 0.29) is 18.0 Å². The highest BCUT2D eigenvalue weighted by Crippen LogP contribution is 2.30. The lowest BCUT2D eigenvalue weighted by Gasteiger charge is -2.30. The summed E-state index contributed by atoms with van der Waals surface area (Å²) in [6, 6.07) is 0.341. The van der Waals surface area contributed by atoms with Gasteiger partial charge in [0.05, 0.1) is 16.5 Å². The first kappa shape index (κ1) is 17.9. The summed E-state index contributed by atoms with van der Waals surface area (Å²) in [5.74, 6) is 0.829. The van der Waals surface area contributed by atoms with Crippen LogP contribution in [-0.2, 0) is 4.79 Å². The number of amides is 1. The number of thiazole rings is 1. The molecule has 0 aliphatic heterocycles. The number of thioether (sulfide) groups is 1. The van der Waals surface area contributed by atoms with Gasteiger partial charge in [0.2, 0.25) is 5.91 Å². The van der Waals surface area contributed by atoms with E-state index in [1.807, 2.05) is 46.4 Å². The van der Waals surface area contributed by atoms with Crippen LogP contribution in [0.2, 0.25) is 0 Å². The fraction of sp³-hybridized carbons (Fsp3) is 0.600. The number of hydrogen-bond donors (Lipinski definition) is 0. The number of nitrogens with zero attached hydrogens (tertiary/aromatic N) is 4. The first-order valence-electron chi connectivity index (χ1n) is 7.51. The van der Waals surface area contributed by atoms with Crippen LogP contribution in [0.4, 0.5) is 0 Å². The van der Waals surface area contributed by atoms with Crippen molar-refractivity contribution in [1.82, 2.24) is 20.1 Å². The quantitative estimate of drug-likeness (QED) is 0.739. The number of rotatable bonds is 6. The molecule has 0 radical (unpaired) electrons. The van der Waals surface area contributed by atoms with Gasteiger partial charge in [0.25, 0.3) is 11.1 Å². The van der Waals surface area contributed by atoms with Gasteiger partial charge in [-0.2, -0.15) is 0 Å². The maximum atomic E-state index is 12.3. The minimum atomic E-state index is 0.0737. The van der Waals surface area contributed by atoms with Crippen molar-refractivity contribution in [2.45, 2.75) is 58.8 Å². The summed E-state index contributed by atoms with van der Waals surface area (Å²) in [4.78, 5) is 19.4. The Hall–Kier alpha value is -1.41. The standard InChI is InChI=1S/C15H22N4O2S2/c1-8(2)19(9(3)4)12(20)7-22-15-18-17-14(21-15)13-10(5)16-11(6)23-13/h8-9H,7H2,1-6H3. The van der Waals surface area contributed by atoms with E-state index in [2.05, 4.69) is 15.2 Å². The van der Waals surface area contributed by atoms with E-state index >= 15 is 0 Å². The Bertz CT molecular complexity index is 671. The molecule has 0 aromatic carbocycles. The van der Waals surface area contributed by atoms with E-state index in [4.69, 9.17) is 4.42 Å². The smallest absolute Gasteiger partial charge is 0.277 e. The third kappa shape index (κ3) is 4.32. The van der Waals surface area contributed by atoms with Crippen LogP contribution in [0.15, 0.2) is 9.64 Å². The molecule has 126 valence electrons. The van der Waals surface area contributed by atoms with Gasteiger partial charge in [0, 0.05) is 12.1 Å². The monoisotopic (exact) mass is 354 g/mol. The zero-order chi connectivity index (χ0) is 17.1. The van der Waals surface area contributed by atoms with Crippen LogP contribution < -0.4 is 0 Å². The lowest BCUT2D eigenvalue weighted by Crippen LogP contribution is -2.43. The summed E-state index contributed by atoms with van der Waals surface area (Å²) in [5.41, 5.74) is 0.884. The molecular formula is C15H22N4O2S2. The lowest BCUT2D eigenvalue weighted by molar-refractivity contribution is -0.131. The topological polar surface area (TPSA) is 72.1 Å². The van der Waals surface area contributed by atoms with Crippen LogP contribution in [0, 0.1) is 13.8 Å². The lowest BCUT2D eigenvalue weighted by atomic mass is 10.2. The highest BCUT2D eigenvalue weighted by molar-refractivity contribution is 7.99. The number of aryl methyl sites for hydroxylation is 2. The molecule has 0 bridgehead atoms. The summed E-state index contributed by atoms with van der Waals surface area (Å²) in [7, 11) is 0. The van der Waals surface area contributed by atoms with E-state index in [1.165, 1.54) is 23.1 Å². The minimum absolute atomic E-state index is 0.0737. The number of aromatic nitrogens is 3. The fourth-order valence-corrected chi connectivity index (χ4v) is 3.93. The molecule has 0 aliphatic rings. The third-order valence-corrected chi connectivity index (χ3v) is 5.09. The summed E-state index contributed by atoms with van der Waals surface area (Å²) in [6.07, 6.45) is 0. The van der Waals surface area contributed by atoms with Crippen LogP contribution in [0.5, 0.6) is 0 Å². The average molecular weight is 355 g/mol. The molecule has 0 saturated heterocycles. The predicted octanol–water partition coefficient (Wildman–Crippen LogP) is 3.55. The van der Waals surface area contributed by atoms with Gasteiger partial charge in [-0.15, -0.1) is 21.5 Å². The maximum absolute atomic E-state index is 12.3. The third-order valence-electron chi connectivity index (χ3n) is 3.22. The molecular weight excluding hydrogens is 332 g/mol. The van der Waals surface area contributed by atoms with Crippen LogP contribution in [0.3, 0.4) is 0 Å². The number of hydrogen-bond acceptors (Lipinski definition) is 7. The fourth-order valence-electron chi connectivity index (χ4n) is 2.46. The van der Waals surface area contributed by atoms with Crippen molar-refractivity contribution in [2.24, 2.45) is 0 Å². The molecule has 2 aromatic rings. The van der Waals surface area contributed by atoms with Gasteiger partial charge < -0.3 is 9.32 Å². The summed E-state index contributed by atoms with van der Waals surface area (Å²) in [6.45, 7) is 11.9. The van der Waals surface area contributed by atoms with Gasteiger partial charge in [-0.05, 0) is 41.5 Å².